The standard InChI is InChI=1S/C13H27NO2S/c1-4-9-14-13(10-17(3,15)16)12-7-5-11(2)6-8-12/h11-14H,4-10H2,1-3H3. The summed E-state index contributed by atoms with van der Waals surface area (Å²) >= 11 is 0. The maximum Gasteiger partial charge on any atom is 0.148 e. The first kappa shape index (κ1) is 15.0. The normalized spacial score (nSPS) is 27.9. The van der Waals surface area contributed by atoms with Crippen LogP contribution < -0.4 is 5.32 Å². The summed E-state index contributed by atoms with van der Waals surface area (Å²) in [6, 6.07) is 0.164. The highest BCUT2D eigenvalue weighted by atomic mass is 32.2. The fourth-order valence-electron chi connectivity index (χ4n) is 2.71. The minimum Gasteiger partial charge on any atom is -0.313 e. The number of rotatable bonds is 6. The molecule has 0 aromatic rings. The third-order valence-corrected chi connectivity index (χ3v) is 4.73. The van der Waals surface area contributed by atoms with Crippen LogP contribution in [0.3, 0.4) is 0 Å². The minimum absolute atomic E-state index is 0.164. The van der Waals surface area contributed by atoms with Crippen molar-refractivity contribution in [3.63, 3.8) is 0 Å². The Morgan fingerprint density at radius 3 is 2.29 bits per heavy atom. The number of sulfone groups is 1. The largest absolute Gasteiger partial charge is 0.313 e. The number of nitrogens with one attached hydrogen (secondary N) is 1. The van der Waals surface area contributed by atoms with Gasteiger partial charge in [-0.05, 0) is 37.6 Å². The van der Waals surface area contributed by atoms with Gasteiger partial charge in [0.15, 0.2) is 0 Å². The van der Waals surface area contributed by atoms with Crippen LogP contribution in [0.2, 0.25) is 0 Å². The highest BCUT2D eigenvalue weighted by molar-refractivity contribution is 7.90. The third-order valence-electron chi connectivity index (χ3n) is 3.77. The van der Waals surface area contributed by atoms with Crippen molar-refractivity contribution in [2.24, 2.45) is 11.8 Å². The molecule has 1 unspecified atom stereocenters. The van der Waals surface area contributed by atoms with Gasteiger partial charge in [0.05, 0.1) is 5.75 Å². The summed E-state index contributed by atoms with van der Waals surface area (Å²) in [4.78, 5) is 0. The fraction of sp³-hybridized carbons (Fsp3) is 1.00. The van der Waals surface area contributed by atoms with Gasteiger partial charge in [0.25, 0.3) is 0 Å². The van der Waals surface area contributed by atoms with Crippen molar-refractivity contribution in [3.05, 3.63) is 0 Å². The average Bonchev–Trinajstić information content (AvgIpc) is 2.24. The summed E-state index contributed by atoms with van der Waals surface area (Å²) < 4.78 is 22.9. The quantitative estimate of drug-likeness (QED) is 0.797. The average molecular weight is 261 g/mol. The molecule has 0 aliphatic heterocycles. The molecule has 1 aliphatic carbocycles. The molecule has 17 heavy (non-hydrogen) atoms. The van der Waals surface area contributed by atoms with Gasteiger partial charge in [-0.25, -0.2) is 8.42 Å². The molecule has 0 aromatic heterocycles. The zero-order valence-corrected chi connectivity index (χ0v) is 12.2. The molecule has 0 heterocycles. The summed E-state index contributed by atoms with van der Waals surface area (Å²) in [6.07, 6.45) is 7.26. The van der Waals surface area contributed by atoms with Gasteiger partial charge < -0.3 is 5.32 Å². The van der Waals surface area contributed by atoms with Crippen LogP contribution in [0.25, 0.3) is 0 Å². The van der Waals surface area contributed by atoms with Gasteiger partial charge in [-0.2, -0.15) is 0 Å². The summed E-state index contributed by atoms with van der Waals surface area (Å²) in [5, 5.41) is 3.43. The lowest BCUT2D eigenvalue weighted by Gasteiger charge is -2.33. The molecule has 0 aromatic carbocycles. The second-order valence-corrected chi connectivity index (χ2v) is 7.86. The molecule has 0 spiro atoms. The lowest BCUT2D eigenvalue weighted by Crippen LogP contribution is -2.43. The van der Waals surface area contributed by atoms with E-state index in [-0.39, 0.29) is 6.04 Å². The number of hydrogen-bond donors (Lipinski definition) is 1. The molecule has 102 valence electrons. The van der Waals surface area contributed by atoms with Gasteiger partial charge >= 0.3 is 0 Å². The second-order valence-electron chi connectivity index (χ2n) is 5.67. The van der Waals surface area contributed by atoms with Crippen LogP contribution in [0.15, 0.2) is 0 Å². The zero-order valence-electron chi connectivity index (χ0n) is 11.4. The van der Waals surface area contributed by atoms with Crippen molar-refractivity contribution in [3.8, 4) is 0 Å². The van der Waals surface area contributed by atoms with Crippen molar-refractivity contribution in [1.82, 2.24) is 5.32 Å². The van der Waals surface area contributed by atoms with Crippen LogP contribution >= 0.6 is 0 Å². The second kappa shape index (κ2) is 6.74. The maximum atomic E-state index is 11.5. The van der Waals surface area contributed by atoms with E-state index in [1.54, 1.807) is 0 Å². The molecule has 1 saturated carbocycles. The highest BCUT2D eigenvalue weighted by Crippen LogP contribution is 2.30. The Morgan fingerprint density at radius 1 is 1.24 bits per heavy atom. The van der Waals surface area contributed by atoms with E-state index in [2.05, 4.69) is 19.2 Å². The molecular formula is C13H27NO2S. The Kier molecular flexibility index (Phi) is 5.93. The van der Waals surface area contributed by atoms with Gasteiger partial charge in [-0.3, -0.25) is 0 Å². The molecule has 0 saturated heterocycles. The van der Waals surface area contributed by atoms with E-state index in [0.29, 0.717) is 11.7 Å². The maximum absolute atomic E-state index is 11.5. The van der Waals surface area contributed by atoms with E-state index in [9.17, 15) is 8.42 Å². The van der Waals surface area contributed by atoms with Crippen LogP contribution in [0.1, 0.15) is 46.0 Å². The van der Waals surface area contributed by atoms with Crippen molar-refractivity contribution < 1.29 is 8.42 Å². The lowest BCUT2D eigenvalue weighted by molar-refractivity contribution is 0.240. The predicted octanol–water partition coefficient (Wildman–Crippen LogP) is 2.23. The van der Waals surface area contributed by atoms with E-state index < -0.39 is 9.84 Å². The van der Waals surface area contributed by atoms with Gasteiger partial charge in [-0.1, -0.05) is 26.7 Å². The lowest BCUT2D eigenvalue weighted by atomic mass is 9.79. The molecule has 0 radical (unpaired) electrons. The van der Waals surface area contributed by atoms with Crippen LogP contribution in [0.5, 0.6) is 0 Å². The van der Waals surface area contributed by atoms with Crippen LogP contribution in [-0.4, -0.2) is 33.0 Å². The van der Waals surface area contributed by atoms with Crippen LogP contribution in [-0.2, 0) is 9.84 Å². The van der Waals surface area contributed by atoms with Crippen LogP contribution in [0.4, 0.5) is 0 Å². The van der Waals surface area contributed by atoms with E-state index in [0.717, 1.165) is 18.9 Å². The topological polar surface area (TPSA) is 46.2 Å². The molecule has 1 atom stereocenters. The van der Waals surface area contributed by atoms with Gasteiger partial charge in [0.1, 0.15) is 9.84 Å². The Morgan fingerprint density at radius 2 is 1.82 bits per heavy atom. The van der Waals surface area contributed by atoms with E-state index in [1.165, 1.54) is 31.9 Å². The first-order chi connectivity index (χ1) is 7.92. The summed E-state index contributed by atoms with van der Waals surface area (Å²) in [6.45, 7) is 5.33. The first-order valence-corrected chi connectivity index (χ1v) is 8.89. The smallest absolute Gasteiger partial charge is 0.148 e. The first-order valence-electron chi connectivity index (χ1n) is 6.83. The predicted molar refractivity (Wildman–Crippen MR) is 72.9 cm³/mol. The molecule has 1 aliphatic rings. The van der Waals surface area contributed by atoms with Crippen molar-refractivity contribution in [1.29, 1.82) is 0 Å². The van der Waals surface area contributed by atoms with Crippen molar-refractivity contribution >= 4 is 9.84 Å². The Balaban J connectivity index is 2.55. The Labute approximate surface area is 106 Å². The molecule has 0 amide bonds. The summed E-state index contributed by atoms with van der Waals surface area (Å²) in [7, 11) is -2.88. The van der Waals surface area contributed by atoms with E-state index in [1.807, 2.05) is 0 Å². The van der Waals surface area contributed by atoms with E-state index >= 15 is 0 Å². The molecule has 0 bridgehead atoms. The monoisotopic (exact) mass is 261 g/mol. The van der Waals surface area contributed by atoms with Gasteiger partial charge in [0.2, 0.25) is 0 Å². The summed E-state index contributed by atoms with van der Waals surface area (Å²) in [5.41, 5.74) is 0. The highest BCUT2D eigenvalue weighted by Gasteiger charge is 2.27. The molecule has 1 N–H and O–H groups in total. The zero-order chi connectivity index (χ0) is 12.9. The molecule has 1 fully saturated rings. The van der Waals surface area contributed by atoms with Gasteiger partial charge in [0, 0.05) is 12.3 Å². The molecule has 3 nitrogen and oxygen atoms in total. The molecule has 1 rings (SSSR count). The third kappa shape index (κ3) is 5.87. The Hall–Kier alpha value is -0.0900. The van der Waals surface area contributed by atoms with Crippen molar-refractivity contribution in [2.45, 2.75) is 52.0 Å². The van der Waals surface area contributed by atoms with Gasteiger partial charge in [-0.15, -0.1) is 0 Å². The fourth-order valence-corrected chi connectivity index (χ4v) is 3.75. The minimum atomic E-state index is -2.88. The van der Waals surface area contributed by atoms with E-state index in [4.69, 9.17) is 0 Å². The SMILES string of the molecule is CCCNC(CS(C)(=O)=O)C1CCC(C)CC1. The Bertz CT molecular complexity index is 305. The summed E-state index contributed by atoms with van der Waals surface area (Å²) in [5.74, 6) is 1.66. The molecule has 4 heteroatoms. The van der Waals surface area contributed by atoms with Crippen molar-refractivity contribution in [2.75, 3.05) is 18.6 Å². The number of hydrogen-bond acceptors (Lipinski definition) is 3. The molecular weight excluding hydrogens is 234 g/mol. The van der Waals surface area contributed by atoms with Crippen LogP contribution in [0, 0.1) is 11.8 Å².